The number of rotatable bonds is 11. The number of nitrogens with zero attached hydrogens (tertiary/aromatic N) is 1. The van der Waals surface area contributed by atoms with E-state index >= 15 is 0 Å². The van der Waals surface area contributed by atoms with Gasteiger partial charge in [-0.15, -0.1) is 0 Å². The number of amides is 1. The number of nitrogens with one attached hydrogen (secondary N) is 1. The summed E-state index contributed by atoms with van der Waals surface area (Å²) in [6.07, 6.45) is 1.68. The Balaban J connectivity index is 1.94. The highest BCUT2D eigenvalue weighted by Gasteiger charge is 2.19. The van der Waals surface area contributed by atoms with Crippen LogP contribution in [0.15, 0.2) is 42.5 Å². The molecule has 31 heavy (non-hydrogen) atoms. The Bertz CT molecular complexity index is 980. The standard InChI is InChI=1S/C22H29ClN2O5S/c1-5-30-19-11-8-17(9-12-19)16(2)24-22(26)7-6-14-25(31(4,27)28)18-10-13-21(29-3)20(23)15-18/h8-13,15-16H,5-7,14H2,1-4H3,(H,24,26). The van der Waals surface area contributed by atoms with Crippen molar-refractivity contribution in [2.24, 2.45) is 0 Å². The topological polar surface area (TPSA) is 84.9 Å². The van der Waals surface area contributed by atoms with Gasteiger partial charge in [-0.05, 0) is 56.2 Å². The number of hydrogen-bond donors (Lipinski definition) is 1. The first-order chi connectivity index (χ1) is 14.7. The number of methoxy groups -OCH3 is 1. The van der Waals surface area contributed by atoms with Crippen molar-refractivity contribution in [3.63, 3.8) is 0 Å². The molecule has 0 spiro atoms. The van der Waals surface area contributed by atoms with Crippen LogP contribution in [0.1, 0.15) is 38.3 Å². The molecule has 0 bridgehead atoms. The molecule has 0 aromatic heterocycles. The lowest BCUT2D eigenvalue weighted by Crippen LogP contribution is -2.32. The monoisotopic (exact) mass is 468 g/mol. The molecule has 9 heteroatoms. The number of halogens is 1. The molecule has 7 nitrogen and oxygen atoms in total. The quantitative estimate of drug-likeness (QED) is 0.535. The smallest absolute Gasteiger partial charge is 0.232 e. The molecule has 2 aromatic carbocycles. The number of sulfonamides is 1. The molecule has 0 aliphatic heterocycles. The second-order valence-electron chi connectivity index (χ2n) is 7.05. The molecule has 2 aromatic rings. The van der Waals surface area contributed by atoms with E-state index in [1.165, 1.54) is 17.5 Å². The molecule has 0 aliphatic carbocycles. The van der Waals surface area contributed by atoms with Crippen LogP contribution in [-0.2, 0) is 14.8 Å². The van der Waals surface area contributed by atoms with Crippen molar-refractivity contribution in [3.05, 3.63) is 53.1 Å². The van der Waals surface area contributed by atoms with Crippen molar-refractivity contribution in [2.75, 3.05) is 30.8 Å². The Morgan fingerprint density at radius 1 is 1.19 bits per heavy atom. The van der Waals surface area contributed by atoms with Crippen LogP contribution in [0.5, 0.6) is 11.5 Å². The van der Waals surface area contributed by atoms with Crippen LogP contribution < -0.4 is 19.1 Å². The highest BCUT2D eigenvalue weighted by molar-refractivity contribution is 7.92. The lowest BCUT2D eigenvalue weighted by Gasteiger charge is -2.23. The summed E-state index contributed by atoms with van der Waals surface area (Å²) >= 11 is 6.13. The predicted molar refractivity (Wildman–Crippen MR) is 124 cm³/mol. The van der Waals surface area contributed by atoms with Gasteiger partial charge >= 0.3 is 0 Å². The van der Waals surface area contributed by atoms with Gasteiger partial charge in [0, 0.05) is 13.0 Å². The first-order valence-corrected chi connectivity index (χ1v) is 12.2. The Morgan fingerprint density at radius 2 is 1.87 bits per heavy atom. The minimum absolute atomic E-state index is 0.150. The molecule has 1 amide bonds. The van der Waals surface area contributed by atoms with E-state index in [2.05, 4.69) is 5.32 Å². The lowest BCUT2D eigenvalue weighted by molar-refractivity contribution is -0.121. The van der Waals surface area contributed by atoms with Crippen LogP contribution >= 0.6 is 11.6 Å². The third kappa shape index (κ3) is 7.33. The molecule has 1 unspecified atom stereocenters. The van der Waals surface area contributed by atoms with E-state index in [1.54, 1.807) is 12.1 Å². The van der Waals surface area contributed by atoms with Gasteiger partial charge in [-0.2, -0.15) is 0 Å². The van der Waals surface area contributed by atoms with E-state index in [9.17, 15) is 13.2 Å². The van der Waals surface area contributed by atoms with Crippen LogP contribution in [0.3, 0.4) is 0 Å². The van der Waals surface area contributed by atoms with Gasteiger partial charge in [0.1, 0.15) is 11.5 Å². The first kappa shape index (κ1) is 24.8. The molecular formula is C22H29ClN2O5S. The molecule has 0 radical (unpaired) electrons. The zero-order valence-electron chi connectivity index (χ0n) is 18.2. The molecule has 0 heterocycles. The van der Waals surface area contributed by atoms with Crippen molar-refractivity contribution in [1.82, 2.24) is 5.32 Å². The van der Waals surface area contributed by atoms with Gasteiger partial charge in [-0.1, -0.05) is 23.7 Å². The van der Waals surface area contributed by atoms with Crippen molar-refractivity contribution >= 4 is 33.2 Å². The van der Waals surface area contributed by atoms with E-state index in [4.69, 9.17) is 21.1 Å². The summed E-state index contributed by atoms with van der Waals surface area (Å²) in [6.45, 7) is 4.58. The fraction of sp³-hybridized carbons (Fsp3) is 0.409. The van der Waals surface area contributed by atoms with Crippen molar-refractivity contribution in [2.45, 2.75) is 32.7 Å². The summed E-state index contributed by atoms with van der Waals surface area (Å²) in [7, 11) is -2.05. The zero-order chi connectivity index (χ0) is 23.0. The van der Waals surface area contributed by atoms with Crippen molar-refractivity contribution < 1.29 is 22.7 Å². The molecule has 0 saturated heterocycles. The van der Waals surface area contributed by atoms with Gasteiger partial charge < -0.3 is 14.8 Å². The van der Waals surface area contributed by atoms with E-state index in [0.29, 0.717) is 29.5 Å². The molecule has 0 aliphatic rings. The Hall–Kier alpha value is -2.45. The maximum absolute atomic E-state index is 12.4. The van der Waals surface area contributed by atoms with Crippen molar-refractivity contribution in [1.29, 1.82) is 0 Å². The van der Waals surface area contributed by atoms with Gasteiger partial charge in [0.25, 0.3) is 0 Å². The fourth-order valence-corrected chi connectivity index (χ4v) is 4.31. The molecule has 0 saturated carbocycles. The van der Waals surface area contributed by atoms with E-state index in [1.807, 2.05) is 38.1 Å². The second kappa shape index (κ2) is 11.2. The van der Waals surface area contributed by atoms with Gasteiger partial charge in [0.2, 0.25) is 15.9 Å². The SMILES string of the molecule is CCOc1ccc(C(C)NC(=O)CCCN(c2ccc(OC)c(Cl)c2)S(C)(=O)=O)cc1. The minimum Gasteiger partial charge on any atom is -0.495 e. The largest absolute Gasteiger partial charge is 0.495 e. The molecular weight excluding hydrogens is 440 g/mol. The second-order valence-corrected chi connectivity index (χ2v) is 9.36. The fourth-order valence-electron chi connectivity index (χ4n) is 3.10. The number of benzene rings is 2. The van der Waals surface area contributed by atoms with Crippen LogP contribution in [0.25, 0.3) is 0 Å². The van der Waals surface area contributed by atoms with E-state index in [-0.39, 0.29) is 24.9 Å². The average molecular weight is 469 g/mol. The number of ether oxygens (including phenoxy) is 2. The number of carbonyl (C=O) groups is 1. The van der Waals surface area contributed by atoms with Crippen LogP contribution in [0.4, 0.5) is 5.69 Å². The molecule has 1 atom stereocenters. The highest BCUT2D eigenvalue weighted by Crippen LogP contribution is 2.30. The summed E-state index contributed by atoms with van der Waals surface area (Å²) < 4.78 is 36.3. The first-order valence-electron chi connectivity index (χ1n) is 9.99. The maximum Gasteiger partial charge on any atom is 0.232 e. The third-order valence-corrected chi connectivity index (χ3v) is 6.15. The van der Waals surface area contributed by atoms with Crippen molar-refractivity contribution in [3.8, 4) is 11.5 Å². The Morgan fingerprint density at radius 3 is 2.42 bits per heavy atom. The summed E-state index contributed by atoms with van der Waals surface area (Å²) in [4.78, 5) is 12.4. The van der Waals surface area contributed by atoms with Crippen LogP contribution in [0.2, 0.25) is 5.02 Å². The molecule has 170 valence electrons. The lowest BCUT2D eigenvalue weighted by atomic mass is 10.1. The summed E-state index contributed by atoms with van der Waals surface area (Å²) in [5.74, 6) is 1.09. The summed E-state index contributed by atoms with van der Waals surface area (Å²) in [5.41, 5.74) is 1.39. The molecule has 0 fully saturated rings. The van der Waals surface area contributed by atoms with E-state index in [0.717, 1.165) is 17.6 Å². The Labute approximate surface area is 189 Å². The molecule has 2 rings (SSSR count). The minimum atomic E-state index is -3.54. The predicted octanol–water partition coefficient (Wildman–Crippen LogP) is 4.17. The number of anilines is 1. The summed E-state index contributed by atoms with van der Waals surface area (Å²) in [6, 6.07) is 12.2. The average Bonchev–Trinajstić information content (AvgIpc) is 2.71. The third-order valence-electron chi connectivity index (χ3n) is 4.66. The van der Waals surface area contributed by atoms with Gasteiger partial charge in [-0.3, -0.25) is 9.10 Å². The molecule has 1 N–H and O–H groups in total. The number of hydrogen-bond acceptors (Lipinski definition) is 5. The van der Waals surface area contributed by atoms with Crippen LogP contribution in [0, 0.1) is 0 Å². The summed E-state index contributed by atoms with van der Waals surface area (Å²) in [5, 5.41) is 3.25. The van der Waals surface area contributed by atoms with Gasteiger partial charge in [0.15, 0.2) is 0 Å². The normalized spacial score (nSPS) is 12.2. The van der Waals surface area contributed by atoms with Gasteiger partial charge in [0.05, 0.1) is 36.7 Å². The van der Waals surface area contributed by atoms with Crippen LogP contribution in [-0.4, -0.2) is 40.8 Å². The highest BCUT2D eigenvalue weighted by atomic mass is 35.5. The maximum atomic E-state index is 12.4. The van der Waals surface area contributed by atoms with E-state index < -0.39 is 10.0 Å². The zero-order valence-corrected chi connectivity index (χ0v) is 19.8. The van der Waals surface area contributed by atoms with Gasteiger partial charge in [-0.25, -0.2) is 8.42 Å². The number of carbonyl (C=O) groups excluding carboxylic acids is 1. The Kier molecular flexibility index (Phi) is 9.00.